The standard InChI is InChI=1S/C6H5N3.BrH.K/c1-2-4-6-5(3-1)7-9-8-6;;/h1-4H,(H,7,8,9);1H;/q;;+1/p-1. The minimum absolute atomic E-state index is 0. The van der Waals surface area contributed by atoms with Gasteiger partial charge in [-0.2, -0.15) is 15.4 Å². The average Bonchev–Trinajstić information content (AvgIpc) is 2.33. The smallest absolute Gasteiger partial charge is 1.00 e. The molecule has 0 amide bonds. The molecule has 1 aromatic heterocycles. The summed E-state index contributed by atoms with van der Waals surface area (Å²) in [6.07, 6.45) is 0. The molecule has 0 aliphatic rings. The van der Waals surface area contributed by atoms with Crippen molar-refractivity contribution in [2.45, 2.75) is 0 Å². The van der Waals surface area contributed by atoms with E-state index in [0.717, 1.165) is 11.0 Å². The van der Waals surface area contributed by atoms with E-state index in [2.05, 4.69) is 15.4 Å². The summed E-state index contributed by atoms with van der Waals surface area (Å²) in [6, 6.07) is 7.70. The van der Waals surface area contributed by atoms with Gasteiger partial charge in [0.2, 0.25) is 0 Å². The van der Waals surface area contributed by atoms with Crippen molar-refractivity contribution >= 4 is 11.0 Å². The molecular weight excluding hydrogens is 233 g/mol. The molecule has 11 heavy (non-hydrogen) atoms. The number of nitrogens with one attached hydrogen (secondary N) is 1. The summed E-state index contributed by atoms with van der Waals surface area (Å²) in [5, 5.41) is 10.3. The molecule has 1 aromatic carbocycles. The Morgan fingerprint density at radius 3 is 1.91 bits per heavy atom. The topological polar surface area (TPSA) is 41.6 Å². The van der Waals surface area contributed by atoms with Gasteiger partial charge in [-0.25, -0.2) is 0 Å². The van der Waals surface area contributed by atoms with Gasteiger partial charge < -0.3 is 17.0 Å². The van der Waals surface area contributed by atoms with Crippen LogP contribution in [0.2, 0.25) is 0 Å². The zero-order valence-electron chi connectivity index (χ0n) is 6.08. The van der Waals surface area contributed by atoms with Crippen LogP contribution in [-0.2, 0) is 0 Å². The molecule has 0 radical (unpaired) electrons. The van der Waals surface area contributed by atoms with Crippen LogP contribution >= 0.6 is 0 Å². The van der Waals surface area contributed by atoms with Gasteiger partial charge in [-0.1, -0.05) is 12.1 Å². The van der Waals surface area contributed by atoms with Gasteiger partial charge in [0.15, 0.2) is 0 Å². The van der Waals surface area contributed by atoms with Crippen molar-refractivity contribution in [2.24, 2.45) is 0 Å². The number of nitrogens with zero attached hydrogens (tertiary/aromatic N) is 2. The van der Waals surface area contributed by atoms with Gasteiger partial charge in [0, 0.05) is 0 Å². The summed E-state index contributed by atoms with van der Waals surface area (Å²) in [6.45, 7) is 0. The zero-order valence-corrected chi connectivity index (χ0v) is 10.8. The molecule has 52 valence electrons. The first-order valence-electron chi connectivity index (χ1n) is 2.72. The van der Waals surface area contributed by atoms with Crippen LogP contribution < -0.4 is 68.4 Å². The van der Waals surface area contributed by atoms with Crippen molar-refractivity contribution in [3.63, 3.8) is 0 Å². The first-order chi connectivity index (χ1) is 4.47. The predicted octanol–water partition coefficient (Wildman–Crippen LogP) is -5.03. The Morgan fingerprint density at radius 1 is 1.00 bits per heavy atom. The Balaban J connectivity index is 0.000000500. The third-order valence-corrected chi connectivity index (χ3v) is 1.22. The second-order valence-electron chi connectivity index (χ2n) is 1.81. The van der Waals surface area contributed by atoms with Crippen LogP contribution in [-0.4, -0.2) is 15.4 Å². The summed E-state index contributed by atoms with van der Waals surface area (Å²) in [5.41, 5.74) is 1.83. The number of fused-ring (bicyclic) bond motifs is 1. The minimum atomic E-state index is 0. The van der Waals surface area contributed by atoms with E-state index in [-0.39, 0.29) is 68.4 Å². The van der Waals surface area contributed by atoms with E-state index >= 15 is 0 Å². The number of rotatable bonds is 0. The van der Waals surface area contributed by atoms with Crippen molar-refractivity contribution in [1.82, 2.24) is 15.4 Å². The normalized spacial score (nSPS) is 8.36. The van der Waals surface area contributed by atoms with Crippen molar-refractivity contribution in [3.05, 3.63) is 24.3 Å². The van der Waals surface area contributed by atoms with Crippen LogP contribution in [0.1, 0.15) is 0 Å². The van der Waals surface area contributed by atoms with E-state index in [1.165, 1.54) is 0 Å². The molecule has 1 N–H and O–H groups in total. The number of benzene rings is 1. The van der Waals surface area contributed by atoms with Crippen LogP contribution in [0, 0.1) is 0 Å². The number of aromatic amines is 1. The number of H-pyrrole nitrogens is 1. The maximum Gasteiger partial charge on any atom is 1.00 e. The first-order valence-corrected chi connectivity index (χ1v) is 2.72. The van der Waals surface area contributed by atoms with E-state index in [0.29, 0.717) is 0 Å². The molecule has 0 fully saturated rings. The van der Waals surface area contributed by atoms with E-state index in [9.17, 15) is 0 Å². The Kier molecular flexibility index (Phi) is 5.76. The molecule has 0 aliphatic heterocycles. The Morgan fingerprint density at radius 2 is 1.45 bits per heavy atom. The molecule has 0 bridgehead atoms. The molecule has 3 nitrogen and oxygen atoms in total. The van der Waals surface area contributed by atoms with Gasteiger partial charge in [0.05, 0.1) is 0 Å². The fraction of sp³-hybridized carbons (Fsp3) is 0. The molecule has 0 unspecified atom stereocenters. The Hall–Kier alpha value is 0.736. The van der Waals surface area contributed by atoms with Crippen LogP contribution in [0.5, 0.6) is 0 Å². The second-order valence-corrected chi connectivity index (χ2v) is 1.81. The fourth-order valence-corrected chi connectivity index (χ4v) is 0.786. The van der Waals surface area contributed by atoms with Gasteiger partial charge >= 0.3 is 51.4 Å². The fourth-order valence-electron chi connectivity index (χ4n) is 0.786. The van der Waals surface area contributed by atoms with Crippen LogP contribution in [0.15, 0.2) is 24.3 Å². The molecule has 0 aliphatic carbocycles. The largest absolute Gasteiger partial charge is 1.00 e. The third kappa shape index (κ3) is 2.60. The summed E-state index contributed by atoms with van der Waals surface area (Å²) >= 11 is 0. The second kappa shape index (κ2) is 5.39. The van der Waals surface area contributed by atoms with Gasteiger partial charge in [0.1, 0.15) is 11.0 Å². The molecule has 2 rings (SSSR count). The molecular formula is C6H5BrKN3. The number of hydrogen-bond acceptors (Lipinski definition) is 2. The third-order valence-electron chi connectivity index (χ3n) is 1.22. The molecule has 1 heterocycles. The van der Waals surface area contributed by atoms with Gasteiger partial charge in [-0.3, -0.25) is 0 Å². The zero-order chi connectivity index (χ0) is 6.10. The van der Waals surface area contributed by atoms with Crippen LogP contribution in [0.4, 0.5) is 0 Å². The van der Waals surface area contributed by atoms with Gasteiger partial charge in [-0.15, -0.1) is 0 Å². The van der Waals surface area contributed by atoms with Crippen molar-refractivity contribution in [2.75, 3.05) is 0 Å². The van der Waals surface area contributed by atoms with E-state index in [1.54, 1.807) is 0 Å². The monoisotopic (exact) mass is 237 g/mol. The maximum absolute atomic E-state index is 3.88. The van der Waals surface area contributed by atoms with E-state index in [4.69, 9.17) is 0 Å². The van der Waals surface area contributed by atoms with Gasteiger partial charge in [0.25, 0.3) is 0 Å². The Bertz CT molecular complexity index is 292. The van der Waals surface area contributed by atoms with E-state index in [1.807, 2.05) is 24.3 Å². The number of para-hydroxylation sites is 2. The molecule has 0 atom stereocenters. The average molecular weight is 238 g/mol. The van der Waals surface area contributed by atoms with Crippen molar-refractivity contribution in [1.29, 1.82) is 0 Å². The Labute approximate surface area is 117 Å². The molecule has 0 spiro atoms. The summed E-state index contributed by atoms with van der Waals surface area (Å²) in [7, 11) is 0. The van der Waals surface area contributed by atoms with Crippen molar-refractivity contribution in [3.8, 4) is 0 Å². The molecule has 0 saturated heterocycles. The summed E-state index contributed by atoms with van der Waals surface area (Å²) < 4.78 is 0. The first kappa shape index (κ1) is 11.7. The number of aromatic nitrogens is 3. The molecule has 0 saturated carbocycles. The quantitative estimate of drug-likeness (QED) is 0.467. The minimum Gasteiger partial charge on any atom is -1.00 e. The van der Waals surface area contributed by atoms with Gasteiger partial charge in [-0.05, 0) is 12.1 Å². The van der Waals surface area contributed by atoms with Crippen LogP contribution in [0.3, 0.4) is 0 Å². The number of hydrogen-bond donors (Lipinski definition) is 1. The maximum atomic E-state index is 3.88. The van der Waals surface area contributed by atoms with Crippen molar-refractivity contribution < 1.29 is 68.4 Å². The molecule has 2 aromatic rings. The summed E-state index contributed by atoms with van der Waals surface area (Å²) in [4.78, 5) is 0. The number of halogens is 1. The van der Waals surface area contributed by atoms with Crippen LogP contribution in [0.25, 0.3) is 11.0 Å². The van der Waals surface area contributed by atoms with E-state index < -0.39 is 0 Å². The molecule has 5 heteroatoms. The summed E-state index contributed by atoms with van der Waals surface area (Å²) in [5.74, 6) is 0. The predicted molar refractivity (Wildman–Crippen MR) is 33.9 cm³/mol. The SMILES string of the molecule is [Br-].[K+].c1ccc2n[nH]nc2c1.